The highest BCUT2D eigenvalue weighted by Crippen LogP contribution is 2.62. The summed E-state index contributed by atoms with van der Waals surface area (Å²) in [5.41, 5.74) is 3.19. The van der Waals surface area contributed by atoms with Gasteiger partial charge in [-0.15, -0.1) is 0 Å². The highest BCUT2D eigenvalue weighted by atomic mass is 19.1. The summed E-state index contributed by atoms with van der Waals surface area (Å²) in [6, 6.07) is 5.55. The molecule has 2 atom stereocenters. The Hall–Kier alpha value is -0.850. The van der Waals surface area contributed by atoms with Crippen LogP contribution in [0.5, 0.6) is 0 Å². The smallest absolute Gasteiger partial charge is 0.123 e. The third kappa shape index (κ3) is 2.53. The molecule has 1 heteroatoms. The van der Waals surface area contributed by atoms with Crippen molar-refractivity contribution in [3.8, 4) is 0 Å². The van der Waals surface area contributed by atoms with Crippen LogP contribution in [-0.2, 0) is 11.8 Å². The summed E-state index contributed by atoms with van der Waals surface area (Å²) >= 11 is 0. The molecule has 2 saturated carbocycles. The lowest BCUT2D eigenvalue weighted by atomic mass is 9.77. The van der Waals surface area contributed by atoms with Crippen LogP contribution in [0, 0.1) is 17.7 Å². The fourth-order valence-electron chi connectivity index (χ4n) is 5.27. The van der Waals surface area contributed by atoms with Crippen LogP contribution in [0.25, 0.3) is 0 Å². The van der Waals surface area contributed by atoms with Gasteiger partial charge in [-0.2, -0.15) is 0 Å². The predicted octanol–water partition coefficient (Wildman–Crippen LogP) is 5.78. The highest BCUT2D eigenvalue weighted by molar-refractivity contribution is 5.42. The van der Waals surface area contributed by atoms with Gasteiger partial charge in [0.2, 0.25) is 0 Å². The predicted molar refractivity (Wildman–Crippen MR) is 84.9 cm³/mol. The maximum Gasteiger partial charge on any atom is 0.123 e. The molecule has 0 aromatic heterocycles. The Balaban J connectivity index is 1.44. The average molecular weight is 286 g/mol. The lowest BCUT2D eigenvalue weighted by Gasteiger charge is -2.27. The summed E-state index contributed by atoms with van der Waals surface area (Å²) in [7, 11) is 0. The SMILES string of the molecule is Fc1ccc2c(c1)C1(CCC2)CC1CCC1CCCCC1. The van der Waals surface area contributed by atoms with Crippen LogP contribution in [0.4, 0.5) is 4.39 Å². The summed E-state index contributed by atoms with van der Waals surface area (Å²) in [4.78, 5) is 0. The molecular weight excluding hydrogens is 259 g/mol. The van der Waals surface area contributed by atoms with Crippen LogP contribution in [-0.4, -0.2) is 0 Å². The normalized spacial score (nSPS) is 32.1. The van der Waals surface area contributed by atoms with Crippen molar-refractivity contribution in [3.05, 3.63) is 35.1 Å². The number of hydrogen-bond acceptors (Lipinski definition) is 0. The molecule has 0 radical (unpaired) electrons. The molecule has 1 spiro atoms. The van der Waals surface area contributed by atoms with Gasteiger partial charge >= 0.3 is 0 Å². The number of aryl methyl sites for hydroxylation is 1. The van der Waals surface area contributed by atoms with Gasteiger partial charge in [-0.25, -0.2) is 4.39 Å². The number of hydrogen-bond donors (Lipinski definition) is 0. The molecule has 3 aliphatic rings. The number of halogens is 1. The van der Waals surface area contributed by atoms with Crippen molar-refractivity contribution in [2.75, 3.05) is 0 Å². The lowest BCUT2D eigenvalue weighted by Crippen LogP contribution is -2.19. The van der Waals surface area contributed by atoms with E-state index in [9.17, 15) is 4.39 Å². The van der Waals surface area contributed by atoms with E-state index in [1.54, 1.807) is 6.07 Å². The quantitative estimate of drug-likeness (QED) is 0.660. The second kappa shape index (κ2) is 5.41. The van der Waals surface area contributed by atoms with Crippen LogP contribution < -0.4 is 0 Å². The molecule has 0 bridgehead atoms. The summed E-state index contributed by atoms with van der Waals surface area (Å²) in [6.45, 7) is 0. The molecule has 2 fully saturated rings. The average Bonchev–Trinajstić information content (AvgIpc) is 3.21. The molecule has 4 rings (SSSR count). The van der Waals surface area contributed by atoms with Gasteiger partial charge in [-0.3, -0.25) is 0 Å². The van der Waals surface area contributed by atoms with Gasteiger partial charge in [0, 0.05) is 0 Å². The molecule has 1 aromatic rings. The van der Waals surface area contributed by atoms with Gasteiger partial charge < -0.3 is 0 Å². The third-order valence-corrected chi connectivity index (χ3v) is 6.56. The number of rotatable bonds is 3. The Labute approximate surface area is 128 Å². The summed E-state index contributed by atoms with van der Waals surface area (Å²) in [5.74, 6) is 1.81. The Kier molecular flexibility index (Phi) is 3.55. The van der Waals surface area contributed by atoms with Crippen molar-refractivity contribution in [1.82, 2.24) is 0 Å². The summed E-state index contributed by atoms with van der Waals surface area (Å²) in [6.07, 6.45) is 15.2. The van der Waals surface area contributed by atoms with E-state index >= 15 is 0 Å². The van der Waals surface area contributed by atoms with Gasteiger partial charge in [0.25, 0.3) is 0 Å². The van der Waals surface area contributed by atoms with Crippen LogP contribution in [0.15, 0.2) is 18.2 Å². The monoisotopic (exact) mass is 286 g/mol. The number of benzene rings is 1. The molecule has 0 nitrogen and oxygen atoms in total. The van der Waals surface area contributed by atoms with Crippen LogP contribution >= 0.6 is 0 Å². The minimum Gasteiger partial charge on any atom is -0.207 e. The van der Waals surface area contributed by atoms with E-state index in [0.717, 1.165) is 18.3 Å². The van der Waals surface area contributed by atoms with Crippen molar-refractivity contribution >= 4 is 0 Å². The first-order valence-corrected chi connectivity index (χ1v) is 9.07. The second-order valence-electron chi connectivity index (χ2n) is 7.79. The summed E-state index contributed by atoms with van der Waals surface area (Å²) in [5, 5.41) is 0. The Morgan fingerprint density at radius 2 is 1.90 bits per heavy atom. The van der Waals surface area contributed by atoms with Gasteiger partial charge in [-0.05, 0) is 72.6 Å². The Bertz CT molecular complexity index is 515. The van der Waals surface area contributed by atoms with Crippen LogP contribution in [0.1, 0.15) is 75.3 Å². The van der Waals surface area contributed by atoms with E-state index in [4.69, 9.17) is 0 Å². The van der Waals surface area contributed by atoms with Crippen molar-refractivity contribution in [2.24, 2.45) is 11.8 Å². The Morgan fingerprint density at radius 3 is 2.76 bits per heavy atom. The highest BCUT2D eigenvalue weighted by Gasteiger charge is 2.55. The molecule has 0 heterocycles. The first-order chi connectivity index (χ1) is 10.3. The molecule has 2 unspecified atom stereocenters. The first-order valence-electron chi connectivity index (χ1n) is 9.07. The fraction of sp³-hybridized carbons (Fsp3) is 0.700. The zero-order valence-corrected chi connectivity index (χ0v) is 13.0. The molecule has 3 aliphatic carbocycles. The zero-order chi connectivity index (χ0) is 14.3. The first kappa shape index (κ1) is 13.8. The van der Waals surface area contributed by atoms with Crippen molar-refractivity contribution in [2.45, 2.75) is 76.0 Å². The zero-order valence-electron chi connectivity index (χ0n) is 13.0. The van der Waals surface area contributed by atoms with E-state index in [-0.39, 0.29) is 5.82 Å². The van der Waals surface area contributed by atoms with E-state index in [0.29, 0.717) is 5.41 Å². The molecular formula is C20H27F. The van der Waals surface area contributed by atoms with E-state index in [2.05, 4.69) is 0 Å². The Morgan fingerprint density at radius 1 is 1.05 bits per heavy atom. The van der Waals surface area contributed by atoms with Gasteiger partial charge in [0.15, 0.2) is 0 Å². The summed E-state index contributed by atoms with van der Waals surface area (Å²) < 4.78 is 13.7. The van der Waals surface area contributed by atoms with Crippen molar-refractivity contribution < 1.29 is 4.39 Å². The van der Waals surface area contributed by atoms with Gasteiger partial charge in [0.05, 0.1) is 0 Å². The van der Waals surface area contributed by atoms with Gasteiger partial charge in [0.1, 0.15) is 5.82 Å². The molecule has 0 saturated heterocycles. The third-order valence-electron chi connectivity index (χ3n) is 6.56. The van der Waals surface area contributed by atoms with E-state index in [1.165, 1.54) is 75.3 Å². The molecule has 0 N–H and O–H groups in total. The van der Waals surface area contributed by atoms with Crippen LogP contribution in [0.2, 0.25) is 0 Å². The van der Waals surface area contributed by atoms with E-state index < -0.39 is 0 Å². The minimum atomic E-state index is -0.0343. The molecule has 0 amide bonds. The van der Waals surface area contributed by atoms with Crippen molar-refractivity contribution in [3.63, 3.8) is 0 Å². The van der Waals surface area contributed by atoms with Crippen molar-refractivity contribution in [1.29, 1.82) is 0 Å². The molecule has 21 heavy (non-hydrogen) atoms. The topological polar surface area (TPSA) is 0 Å². The lowest BCUT2D eigenvalue weighted by molar-refractivity contribution is 0.320. The largest absolute Gasteiger partial charge is 0.207 e. The maximum atomic E-state index is 13.7. The van der Waals surface area contributed by atoms with Crippen LogP contribution in [0.3, 0.4) is 0 Å². The fourth-order valence-corrected chi connectivity index (χ4v) is 5.27. The molecule has 0 aliphatic heterocycles. The number of fused-ring (bicyclic) bond motifs is 2. The molecule has 114 valence electrons. The minimum absolute atomic E-state index is 0.0343. The second-order valence-corrected chi connectivity index (χ2v) is 7.79. The van der Waals surface area contributed by atoms with Gasteiger partial charge in [-0.1, -0.05) is 44.6 Å². The molecule has 1 aromatic carbocycles. The standard InChI is InChI=1S/C20H27F/c21-18-11-9-16-7-4-12-20(19(16)13-18)14-17(20)10-8-15-5-2-1-3-6-15/h9,11,13,15,17H,1-8,10,12,14H2. The maximum absolute atomic E-state index is 13.7. The van der Waals surface area contributed by atoms with E-state index in [1.807, 2.05) is 12.1 Å².